The van der Waals surface area contributed by atoms with Crippen LogP contribution in [0.2, 0.25) is 0 Å². The first-order valence-corrected chi connectivity index (χ1v) is 9.74. The number of carbonyl (C=O) groups is 1. The van der Waals surface area contributed by atoms with Crippen LogP contribution in [-0.4, -0.2) is 38.4 Å². The Morgan fingerprint density at radius 1 is 1.35 bits per heavy atom. The van der Waals surface area contributed by atoms with Crippen molar-refractivity contribution in [1.29, 1.82) is 0 Å². The van der Waals surface area contributed by atoms with Crippen LogP contribution in [0.3, 0.4) is 0 Å². The zero-order valence-electron chi connectivity index (χ0n) is 14.0. The second kappa shape index (κ2) is 7.39. The Balaban J connectivity index is 1.86. The highest BCUT2D eigenvalue weighted by molar-refractivity contribution is 7.99. The van der Waals surface area contributed by atoms with Gasteiger partial charge in [-0.05, 0) is 37.7 Å². The molecule has 0 N–H and O–H groups in total. The maximum Gasteiger partial charge on any atom is 0.224 e. The monoisotopic (exact) mass is 331 g/mol. The number of nitrogens with zero attached hydrogens (tertiary/aromatic N) is 3. The summed E-state index contributed by atoms with van der Waals surface area (Å²) in [7, 11) is 0. The maximum absolute atomic E-state index is 12.6. The zero-order valence-corrected chi connectivity index (χ0v) is 14.8. The molecule has 23 heavy (non-hydrogen) atoms. The smallest absolute Gasteiger partial charge is 0.224 e. The van der Waals surface area contributed by atoms with E-state index in [9.17, 15) is 4.79 Å². The number of aryl methyl sites for hydroxylation is 1. The van der Waals surface area contributed by atoms with Crippen molar-refractivity contribution in [2.45, 2.75) is 45.7 Å². The second-order valence-electron chi connectivity index (χ2n) is 5.90. The lowest BCUT2D eigenvalue weighted by Crippen LogP contribution is -2.32. The van der Waals surface area contributed by atoms with E-state index >= 15 is 0 Å². The third-order valence-corrected chi connectivity index (χ3v) is 5.44. The Hall–Kier alpha value is -1.49. The van der Waals surface area contributed by atoms with E-state index in [4.69, 9.17) is 4.98 Å². The van der Waals surface area contributed by atoms with Crippen molar-refractivity contribution in [3.8, 4) is 0 Å². The topological polar surface area (TPSA) is 38.1 Å². The number of para-hydroxylation sites is 2. The van der Waals surface area contributed by atoms with Gasteiger partial charge in [-0.2, -0.15) is 11.8 Å². The second-order valence-corrected chi connectivity index (χ2v) is 7.29. The van der Waals surface area contributed by atoms with Crippen LogP contribution in [0.4, 0.5) is 0 Å². The minimum Gasteiger partial charge on any atom is -0.332 e. The van der Waals surface area contributed by atoms with Gasteiger partial charge in [0.25, 0.3) is 0 Å². The van der Waals surface area contributed by atoms with E-state index in [2.05, 4.69) is 41.5 Å². The first-order valence-electron chi connectivity index (χ1n) is 8.58. The minimum atomic E-state index is 0.140. The largest absolute Gasteiger partial charge is 0.332 e. The fourth-order valence-corrected chi connectivity index (χ4v) is 4.07. The average Bonchev–Trinajstić information content (AvgIpc) is 3.18. The average molecular weight is 331 g/mol. The molecule has 5 heteroatoms. The molecule has 0 aliphatic carbocycles. The number of thioether (sulfide) groups is 1. The number of rotatable bonds is 6. The van der Waals surface area contributed by atoms with Crippen LogP contribution in [0, 0.1) is 0 Å². The molecule has 0 spiro atoms. The van der Waals surface area contributed by atoms with Crippen LogP contribution in [-0.2, 0) is 11.3 Å². The zero-order chi connectivity index (χ0) is 16.2. The molecular weight excluding hydrogens is 306 g/mol. The van der Waals surface area contributed by atoms with Gasteiger partial charge in [-0.15, -0.1) is 0 Å². The summed E-state index contributed by atoms with van der Waals surface area (Å²) in [5.41, 5.74) is 2.20. The summed E-state index contributed by atoms with van der Waals surface area (Å²) < 4.78 is 2.27. The number of likely N-dealkylation sites (tertiary alicyclic amines) is 1. The molecule has 0 unspecified atom stereocenters. The van der Waals surface area contributed by atoms with Gasteiger partial charge in [-0.1, -0.05) is 19.1 Å². The molecule has 1 amide bonds. The molecule has 1 atom stereocenters. The van der Waals surface area contributed by atoms with Crippen LogP contribution in [0.15, 0.2) is 24.3 Å². The lowest BCUT2D eigenvalue weighted by Gasteiger charge is -2.25. The highest BCUT2D eigenvalue weighted by Crippen LogP contribution is 2.34. The van der Waals surface area contributed by atoms with Crippen molar-refractivity contribution >= 4 is 28.7 Å². The van der Waals surface area contributed by atoms with Gasteiger partial charge < -0.3 is 9.47 Å². The molecule has 2 heterocycles. The first kappa shape index (κ1) is 16.4. The quantitative estimate of drug-likeness (QED) is 0.754. The van der Waals surface area contributed by atoms with E-state index in [1.807, 2.05) is 17.8 Å². The van der Waals surface area contributed by atoms with E-state index in [0.29, 0.717) is 6.42 Å². The fraction of sp³-hybridized carbons (Fsp3) is 0.556. The molecule has 1 aromatic heterocycles. The molecule has 4 nitrogen and oxygen atoms in total. The van der Waals surface area contributed by atoms with Gasteiger partial charge in [0.15, 0.2) is 0 Å². The van der Waals surface area contributed by atoms with Crippen molar-refractivity contribution in [2.75, 3.05) is 18.1 Å². The number of carbonyl (C=O) groups excluding carboxylic acids is 1. The van der Waals surface area contributed by atoms with Crippen LogP contribution >= 0.6 is 11.8 Å². The molecule has 1 aromatic carbocycles. The predicted molar refractivity (Wildman–Crippen MR) is 96.7 cm³/mol. The van der Waals surface area contributed by atoms with Gasteiger partial charge in [-0.25, -0.2) is 4.98 Å². The van der Waals surface area contributed by atoms with Crippen molar-refractivity contribution in [3.05, 3.63) is 30.1 Å². The third kappa shape index (κ3) is 3.25. The van der Waals surface area contributed by atoms with Crippen molar-refractivity contribution < 1.29 is 4.79 Å². The number of fused-ring (bicyclic) bond motifs is 1. The number of benzene rings is 1. The summed E-state index contributed by atoms with van der Waals surface area (Å²) >= 11 is 1.84. The molecule has 0 saturated carbocycles. The van der Waals surface area contributed by atoms with Crippen molar-refractivity contribution in [2.24, 2.45) is 0 Å². The molecule has 0 bridgehead atoms. The Bertz CT molecular complexity index is 682. The Kier molecular flexibility index (Phi) is 5.26. The van der Waals surface area contributed by atoms with E-state index < -0.39 is 0 Å². The highest BCUT2D eigenvalue weighted by Gasteiger charge is 2.33. The SMILES string of the molecule is CCSCCC(=O)N1CCC[C@H]1c1nc2ccccc2n1CC. The number of aromatic nitrogens is 2. The Morgan fingerprint density at radius 2 is 2.17 bits per heavy atom. The van der Waals surface area contributed by atoms with E-state index in [1.165, 1.54) is 5.52 Å². The number of amides is 1. The lowest BCUT2D eigenvalue weighted by molar-refractivity contribution is -0.131. The fourth-order valence-electron chi connectivity index (χ4n) is 3.46. The van der Waals surface area contributed by atoms with E-state index in [1.54, 1.807) is 0 Å². The van der Waals surface area contributed by atoms with Gasteiger partial charge >= 0.3 is 0 Å². The van der Waals surface area contributed by atoms with Crippen molar-refractivity contribution in [3.63, 3.8) is 0 Å². The molecule has 0 radical (unpaired) electrons. The summed E-state index contributed by atoms with van der Waals surface area (Å²) in [6.07, 6.45) is 2.74. The van der Waals surface area contributed by atoms with E-state index in [0.717, 1.165) is 48.8 Å². The summed E-state index contributed by atoms with van der Waals surface area (Å²) in [4.78, 5) is 19.5. The summed E-state index contributed by atoms with van der Waals surface area (Å²) in [6.45, 7) is 6.04. The standard InChI is InChI=1S/C18H25N3OS/c1-3-20-15-9-6-5-8-14(15)19-18(20)16-10-7-12-21(16)17(22)11-13-23-4-2/h5-6,8-9,16H,3-4,7,10-13H2,1-2H3/t16-/m0/s1. The molecule has 1 fully saturated rings. The molecule has 2 aromatic rings. The van der Waals surface area contributed by atoms with E-state index in [-0.39, 0.29) is 11.9 Å². The molecule has 1 aliphatic rings. The predicted octanol–water partition coefficient (Wildman–Crippen LogP) is 3.86. The van der Waals surface area contributed by atoms with Gasteiger partial charge in [0.05, 0.1) is 17.1 Å². The highest BCUT2D eigenvalue weighted by atomic mass is 32.2. The number of imidazole rings is 1. The molecule has 1 aliphatic heterocycles. The molecule has 1 saturated heterocycles. The van der Waals surface area contributed by atoms with Crippen LogP contribution < -0.4 is 0 Å². The molecule has 3 rings (SSSR count). The third-order valence-electron chi connectivity index (χ3n) is 4.54. The normalized spacial score (nSPS) is 18.0. The van der Waals surface area contributed by atoms with Gasteiger partial charge in [-0.3, -0.25) is 4.79 Å². The Morgan fingerprint density at radius 3 is 2.96 bits per heavy atom. The van der Waals surface area contributed by atoms with Crippen LogP contribution in [0.25, 0.3) is 11.0 Å². The summed E-state index contributed by atoms with van der Waals surface area (Å²) in [5, 5.41) is 0. The summed E-state index contributed by atoms with van der Waals surface area (Å²) in [6, 6.07) is 8.40. The molecule has 124 valence electrons. The maximum atomic E-state index is 12.6. The Labute approximate surface area is 142 Å². The summed E-state index contributed by atoms with van der Waals surface area (Å²) in [5.74, 6) is 3.33. The van der Waals surface area contributed by atoms with Crippen molar-refractivity contribution in [1.82, 2.24) is 14.5 Å². The van der Waals surface area contributed by atoms with Crippen LogP contribution in [0.5, 0.6) is 0 Å². The number of hydrogen-bond donors (Lipinski definition) is 0. The lowest BCUT2D eigenvalue weighted by atomic mass is 10.2. The van der Waals surface area contributed by atoms with Crippen LogP contribution in [0.1, 0.15) is 45.0 Å². The number of hydrogen-bond acceptors (Lipinski definition) is 3. The van der Waals surface area contributed by atoms with Gasteiger partial charge in [0, 0.05) is 25.3 Å². The van der Waals surface area contributed by atoms with Gasteiger partial charge in [0.1, 0.15) is 5.82 Å². The van der Waals surface area contributed by atoms with Gasteiger partial charge in [0.2, 0.25) is 5.91 Å². The molecular formula is C18H25N3OS. The first-order chi connectivity index (χ1) is 11.3. The minimum absolute atomic E-state index is 0.140.